The van der Waals surface area contributed by atoms with Gasteiger partial charge in [-0.3, -0.25) is 0 Å². The summed E-state index contributed by atoms with van der Waals surface area (Å²) in [6.07, 6.45) is 0. The first-order chi connectivity index (χ1) is 2.27. The molecule has 5 heavy (non-hydrogen) atoms. The highest BCUT2D eigenvalue weighted by Crippen LogP contribution is 2.16. The molecule has 0 aromatic heterocycles. The maximum atomic E-state index is 9.03. The summed E-state index contributed by atoms with van der Waals surface area (Å²) in [5, 5.41) is 0. The molecule has 5 heteroatoms. The van der Waals surface area contributed by atoms with Crippen molar-refractivity contribution in [1.29, 1.82) is 4.61 Å². The van der Waals surface area contributed by atoms with Gasteiger partial charge in [-0.15, -0.1) is 4.91 Å². The molecule has 1 unspecified atom stereocenters. The second-order valence-electron chi connectivity index (χ2n) is 0.322. The first-order valence-electron chi connectivity index (χ1n) is 0.752. The van der Waals surface area contributed by atoms with Gasteiger partial charge < -0.3 is 0 Å². The Kier molecular flexibility index (Phi) is 2.82. The molecule has 0 aliphatic carbocycles. The van der Waals surface area contributed by atoms with Gasteiger partial charge in [0.25, 0.3) is 0 Å². The molecule has 0 aromatic carbocycles. The minimum absolute atomic E-state index is 1.55. The van der Waals surface area contributed by atoms with Crippen LogP contribution in [0.15, 0.2) is 4.58 Å². The van der Waals surface area contributed by atoms with E-state index in [1.165, 1.54) is 0 Å². The Labute approximate surface area is 43.4 Å². The smallest absolute Gasteiger partial charge is 0.112 e. The van der Waals surface area contributed by atoms with Crippen LogP contribution in [-0.2, 0) is 0 Å². The predicted octanol–water partition coefficient (Wildman–Crippen LogP) is 1.50. The molecule has 0 aromatic rings. The molecular formula is HIN2OS. The SMILES string of the molecule is N#[SH](I)N=O. The Morgan fingerprint density at radius 3 is 2.20 bits per heavy atom. The van der Waals surface area contributed by atoms with E-state index in [1.807, 2.05) is 0 Å². The van der Waals surface area contributed by atoms with E-state index in [1.54, 1.807) is 21.2 Å². The Balaban J connectivity index is 3.36. The van der Waals surface area contributed by atoms with Crippen LogP contribution in [0, 0.1) is 9.52 Å². The van der Waals surface area contributed by atoms with Crippen molar-refractivity contribution < 1.29 is 0 Å². The summed E-state index contributed by atoms with van der Waals surface area (Å²) >= 11 is 1.55. The van der Waals surface area contributed by atoms with E-state index in [9.17, 15) is 0 Å². The lowest BCUT2D eigenvalue weighted by molar-refractivity contribution is 1.64. The summed E-state index contributed by atoms with van der Waals surface area (Å²) in [6.45, 7) is 0. The zero-order chi connectivity index (χ0) is 4.28. The highest BCUT2D eigenvalue weighted by atomic mass is 127. The van der Waals surface area contributed by atoms with Gasteiger partial charge >= 0.3 is 0 Å². The van der Waals surface area contributed by atoms with Crippen molar-refractivity contribution in [3.05, 3.63) is 4.91 Å². The number of nitroso groups, excluding NO2 is 1. The van der Waals surface area contributed by atoms with E-state index in [4.69, 9.17) is 9.52 Å². The summed E-state index contributed by atoms with van der Waals surface area (Å²) in [6, 6.07) is 0. The highest BCUT2D eigenvalue weighted by molar-refractivity contribution is 14.2. The molecule has 0 heterocycles. The zero-order valence-corrected chi connectivity index (χ0v) is 5.18. The van der Waals surface area contributed by atoms with E-state index in [0.29, 0.717) is 0 Å². The van der Waals surface area contributed by atoms with Crippen LogP contribution in [0.1, 0.15) is 0 Å². The first kappa shape index (κ1) is 5.39. The van der Waals surface area contributed by atoms with Crippen molar-refractivity contribution in [3.8, 4) is 0 Å². The van der Waals surface area contributed by atoms with Crippen molar-refractivity contribution in [3.63, 3.8) is 0 Å². The third-order valence-electron chi connectivity index (χ3n) is 0.0674. The van der Waals surface area contributed by atoms with Crippen LogP contribution < -0.4 is 0 Å². The van der Waals surface area contributed by atoms with Crippen LogP contribution in [-0.4, -0.2) is 0 Å². The Morgan fingerprint density at radius 1 is 2.00 bits per heavy atom. The van der Waals surface area contributed by atoms with Crippen molar-refractivity contribution in [2.75, 3.05) is 0 Å². The molecule has 0 fully saturated rings. The van der Waals surface area contributed by atoms with Gasteiger partial charge in [-0.1, -0.05) is 0 Å². The molecular weight excluding hydrogens is 203 g/mol. The van der Waals surface area contributed by atoms with E-state index < -0.39 is 7.88 Å². The lowest BCUT2D eigenvalue weighted by Gasteiger charge is -1.56. The molecule has 30 valence electrons. The van der Waals surface area contributed by atoms with Gasteiger partial charge in [-0.2, -0.15) is 4.61 Å². The van der Waals surface area contributed by atoms with Gasteiger partial charge in [0.15, 0.2) is 0 Å². The summed E-state index contributed by atoms with van der Waals surface area (Å²) in [7, 11) is -1.56. The van der Waals surface area contributed by atoms with Crippen LogP contribution in [0.3, 0.4) is 0 Å². The molecule has 0 saturated heterocycles. The molecule has 0 radical (unpaired) electrons. The van der Waals surface area contributed by atoms with E-state index >= 15 is 0 Å². The van der Waals surface area contributed by atoms with Crippen molar-refractivity contribution >= 4 is 29.1 Å². The lowest BCUT2D eigenvalue weighted by Crippen LogP contribution is -1.17. The normalized spacial score (nSPS) is 13.6. The highest BCUT2D eigenvalue weighted by Gasteiger charge is 1.65. The number of hydrogen-bond acceptors (Lipinski definition) is 3. The fourth-order valence-corrected chi connectivity index (χ4v) is 0. The number of halogens is 1. The molecule has 0 rings (SSSR count). The predicted molar refractivity (Wildman–Crippen MR) is 30.5 cm³/mol. The van der Waals surface area contributed by atoms with Crippen LogP contribution in [0.4, 0.5) is 0 Å². The molecule has 1 atom stereocenters. The Morgan fingerprint density at radius 2 is 2.20 bits per heavy atom. The average molecular weight is 204 g/mol. The van der Waals surface area contributed by atoms with Crippen molar-refractivity contribution in [2.45, 2.75) is 0 Å². The van der Waals surface area contributed by atoms with E-state index in [2.05, 4.69) is 4.58 Å². The van der Waals surface area contributed by atoms with Gasteiger partial charge in [0, 0.05) is 25.8 Å². The summed E-state index contributed by atoms with van der Waals surface area (Å²) in [5.41, 5.74) is 0. The van der Waals surface area contributed by atoms with Crippen LogP contribution in [0.2, 0.25) is 0 Å². The fraction of sp³-hybridized carbons (Fsp3) is 0. The van der Waals surface area contributed by atoms with Gasteiger partial charge in [0.1, 0.15) is 7.88 Å². The minimum atomic E-state index is -1.56. The van der Waals surface area contributed by atoms with Gasteiger partial charge in [0.05, 0.1) is 0 Å². The summed E-state index contributed by atoms with van der Waals surface area (Å²) in [4.78, 5) is 9.03. The molecule has 0 amide bonds. The quantitative estimate of drug-likeness (QED) is 0.369. The largest absolute Gasteiger partial charge is 0.198 e. The second kappa shape index (κ2) is 2.62. The van der Waals surface area contributed by atoms with Gasteiger partial charge in [-0.05, 0) is 0 Å². The average Bonchev–Trinajstić information content (AvgIpc) is 1.38. The minimum Gasteiger partial charge on any atom is -0.198 e. The van der Waals surface area contributed by atoms with E-state index in [-0.39, 0.29) is 0 Å². The van der Waals surface area contributed by atoms with Gasteiger partial charge in [0.2, 0.25) is 0 Å². The standard InChI is InChI=1S/HIN2OS/c1-5(2)3-4/h5H. The molecule has 0 saturated carbocycles. The van der Waals surface area contributed by atoms with Crippen LogP contribution in [0.25, 0.3) is 0 Å². The number of nitrogens with zero attached hydrogens (tertiary/aromatic N) is 2. The molecule has 0 N–H and O–H groups in total. The van der Waals surface area contributed by atoms with Gasteiger partial charge in [-0.25, -0.2) is 0 Å². The monoisotopic (exact) mass is 204 g/mol. The Hall–Kier alpha value is 0.390. The number of rotatable bonds is 0. The maximum Gasteiger partial charge on any atom is 0.112 e. The third kappa shape index (κ3) is 4.39. The molecule has 0 spiro atoms. The van der Waals surface area contributed by atoms with E-state index in [0.717, 1.165) is 0 Å². The Bertz CT molecular complexity index is 89.6. The summed E-state index contributed by atoms with van der Waals surface area (Å²) < 4.78 is 10.2. The number of thiol groups is 1. The molecule has 0 aliphatic rings. The second-order valence-corrected chi connectivity index (χ2v) is 3.56. The fourth-order valence-electron chi connectivity index (χ4n) is 0. The lowest BCUT2D eigenvalue weighted by atomic mass is 13.7. The van der Waals surface area contributed by atoms with Crippen LogP contribution in [0.5, 0.6) is 0 Å². The maximum absolute atomic E-state index is 9.03. The molecule has 3 nitrogen and oxygen atoms in total. The zero-order valence-electron chi connectivity index (χ0n) is 2.13. The van der Waals surface area contributed by atoms with Crippen LogP contribution >= 0.6 is 29.1 Å². The molecule has 0 bridgehead atoms. The van der Waals surface area contributed by atoms with Crippen molar-refractivity contribution in [1.82, 2.24) is 0 Å². The third-order valence-corrected chi connectivity index (χ3v) is 0.731. The van der Waals surface area contributed by atoms with Crippen molar-refractivity contribution in [2.24, 2.45) is 4.58 Å². The number of hydrogen-bond donors (Lipinski definition) is 1. The topological polar surface area (TPSA) is 53.2 Å². The first-order valence-corrected chi connectivity index (χ1v) is 4.78. The summed E-state index contributed by atoms with van der Waals surface area (Å²) in [5.74, 6) is 0. The molecule has 0 aliphatic heterocycles.